The van der Waals surface area contributed by atoms with Crippen molar-refractivity contribution in [3.63, 3.8) is 0 Å². The van der Waals surface area contributed by atoms with Crippen LogP contribution < -0.4 is 4.90 Å². The number of aliphatic hydroxyl groups is 1. The first-order valence-corrected chi connectivity index (χ1v) is 7.34. The number of piperidine rings is 1. The fourth-order valence-electron chi connectivity index (χ4n) is 3.03. The van der Waals surface area contributed by atoms with Gasteiger partial charge in [0.1, 0.15) is 6.07 Å². The summed E-state index contributed by atoms with van der Waals surface area (Å²) in [5.41, 5.74) is 2.85. The third-order valence-corrected chi connectivity index (χ3v) is 4.42. The Kier molecular flexibility index (Phi) is 4.35. The first-order valence-electron chi connectivity index (χ1n) is 7.34. The van der Waals surface area contributed by atoms with E-state index in [1.54, 1.807) is 6.07 Å². The molecule has 0 amide bonds. The molecule has 0 spiro atoms. The van der Waals surface area contributed by atoms with Gasteiger partial charge in [-0.1, -0.05) is 26.8 Å². The van der Waals surface area contributed by atoms with E-state index >= 15 is 0 Å². The summed E-state index contributed by atoms with van der Waals surface area (Å²) in [5, 5.41) is 18.5. The number of hydrogen-bond donors (Lipinski definition) is 1. The SMILES string of the molecule is CC(C)(C)C1CCN(c2ccc(CO)cc2C#N)CC1. The molecule has 20 heavy (non-hydrogen) atoms. The van der Waals surface area contributed by atoms with E-state index in [-0.39, 0.29) is 6.61 Å². The second-order valence-corrected chi connectivity index (χ2v) is 6.75. The molecule has 0 radical (unpaired) electrons. The van der Waals surface area contributed by atoms with Gasteiger partial charge in [-0.25, -0.2) is 0 Å². The van der Waals surface area contributed by atoms with Gasteiger partial charge in [-0.05, 0) is 41.9 Å². The third kappa shape index (κ3) is 3.13. The number of benzene rings is 1. The number of nitrogens with zero attached hydrogens (tertiary/aromatic N) is 2. The van der Waals surface area contributed by atoms with Crippen LogP contribution in [0, 0.1) is 22.7 Å². The Hall–Kier alpha value is -1.53. The smallest absolute Gasteiger partial charge is 0.101 e. The van der Waals surface area contributed by atoms with Gasteiger partial charge in [0.25, 0.3) is 0 Å². The van der Waals surface area contributed by atoms with Crippen LogP contribution in [0.5, 0.6) is 0 Å². The minimum Gasteiger partial charge on any atom is -0.392 e. The summed E-state index contributed by atoms with van der Waals surface area (Å²) in [7, 11) is 0. The van der Waals surface area contributed by atoms with E-state index in [1.807, 2.05) is 12.1 Å². The van der Waals surface area contributed by atoms with Crippen LogP contribution in [0.1, 0.15) is 44.7 Å². The van der Waals surface area contributed by atoms with E-state index in [1.165, 1.54) is 12.8 Å². The summed E-state index contributed by atoms with van der Waals surface area (Å²) in [6.45, 7) is 8.93. The molecular weight excluding hydrogens is 248 g/mol. The first kappa shape index (κ1) is 14.9. The van der Waals surface area contributed by atoms with E-state index < -0.39 is 0 Å². The van der Waals surface area contributed by atoms with Crippen LogP contribution in [0.4, 0.5) is 5.69 Å². The normalized spacial score (nSPS) is 17.1. The number of aliphatic hydroxyl groups excluding tert-OH is 1. The minimum absolute atomic E-state index is 0.0128. The van der Waals surface area contributed by atoms with Crippen LogP contribution in [-0.2, 0) is 6.61 Å². The highest BCUT2D eigenvalue weighted by molar-refractivity contribution is 5.60. The molecule has 1 saturated heterocycles. The zero-order chi connectivity index (χ0) is 14.8. The van der Waals surface area contributed by atoms with Crippen molar-refractivity contribution >= 4 is 5.69 Å². The molecule has 3 nitrogen and oxygen atoms in total. The van der Waals surface area contributed by atoms with Gasteiger partial charge in [0.05, 0.1) is 17.9 Å². The van der Waals surface area contributed by atoms with Gasteiger partial charge in [-0.15, -0.1) is 0 Å². The molecule has 0 aromatic heterocycles. The molecule has 1 N–H and O–H groups in total. The lowest BCUT2D eigenvalue weighted by Crippen LogP contribution is -2.38. The van der Waals surface area contributed by atoms with Gasteiger partial charge in [-0.2, -0.15) is 5.26 Å². The maximum Gasteiger partial charge on any atom is 0.101 e. The van der Waals surface area contributed by atoms with Crippen molar-refractivity contribution in [2.75, 3.05) is 18.0 Å². The molecule has 0 bridgehead atoms. The van der Waals surface area contributed by atoms with Gasteiger partial charge in [0.15, 0.2) is 0 Å². The van der Waals surface area contributed by atoms with E-state index in [9.17, 15) is 5.26 Å². The summed E-state index contributed by atoms with van der Waals surface area (Å²) in [5.74, 6) is 0.751. The monoisotopic (exact) mass is 272 g/mol. The lowest BCUT2D eigenvalue weighted by atomic mass is 9.75. The molecule has 1 heterocycles. The van der Waals surface area contributed by atoms with Crippen LogP contribution in [0.2, 0.25) is 0 Å². The van der Waals surface area contributed by atoms with Crippen molar-refractivity contribution in [1.82, 2.24) is 0 Å². The van der Waals surface area contributed by atoms with Gasteiger partial charge in [0, 0.05) is 13.1 Å². The Morgan fingerprint density at radius 1 is 1.30 bits per heavy atom. The van der Waals surface area contributed by atoms with Crippen LogP contribution in [-0.4, -0.2) is 18.2 Å². The zero-order valence-corrected chi connectivity index (χ0v) is 12.7. The zero-order valence-electron chi connectivity index (χ0n) is 12.7. The van der Waals surface area contributed by atoms with Crippen molar-refractivity contribution in [2.45, 2.75) is 40.2 Å². The van der Waals surface area contributed by atoms with Crippen LogP contribution in [0.25, 0.3) is 0 Å². The maximum absolute atomic E-state index is 9.29. The molecule has 0 saturated carbocycles. The minimum atomic E-state index is -0.0128. The lowest BCUT2D eigenvalue weighted by Gasteiger charge is -2.40. The largest absolute Gasteiger partial charge is 0.392 e. The van der Waals surface area contributed by atoms with Gasteiger partial charge >= 0.3 is 0 Å². The highest BCUT2D eigenvalue weighted by Crippen LogP contribution is 2.36. The summed E-state index contributed by atoms with van der Waals surface area (Å²) < 4.78 is 0. The molecule has 1 aliphatic rings. The Morgan fingerprint density at radius 3 is 2.45 bits per heavy atom. The van der Waals surface area contributed by atoms with Crippen LogP contribution >= 0.6 is 0 Å². The van der Waals surface area contributed by atoms with Crippen molar-refractivity contribution < 1.29 is 5.11 Å². The van der Waals surface area contributed by atoms with Gasteiger partial charge < -0.3 is 10.0 Å². The average Bonchev–Trinajstić information content (AvgIpc) is 2.45. The molecule has 3 heteroatoms. The average molecular weight is 272 g/mol. The van der Waals surface area contributed by atoms with E-state index in [2.05, 4.69) is 31.7 Å². The number of nitriles is 1. The van der Waals surface area contributed by atoms with Crippen LogP contribution in [0.3, 0.4) is 0 Å². The fourth-order valence-corrected chi connectivity index (χ4v) is 3.03. The molecule has 0 unspecified atom stereocenters. The van der Waals surface area contributed by atoms with Gasteiger partial charge in [0.2, 0.25) is 0 Å². The third-order valence-electron chi connectivity index (χ3n) is 4.42. The predicted molar refractivity (Wildman–Crippen MR) is 81.5 cm³/mol. The summed E-state index contributed by atoms with van der Waals surface area (Å²) >= 11 is 0. The quantitative estimate of drug-likeness (QED) is 0.898. The van der Waals surface area contributed by atoms with Crippen LogP contribution in [0.15, 0.2) is 18.2 Å². The van der Waals surface area contributed by atoms with Crippen molar-refractivity contribution in [3.05, 3.63) is 29.3 Å². The molecule has 0 aliphatic carbocycles. The molecule has 108 valence electrons. The molecule has 1 aromatic rings. The predicted octanol–water partition coefficient (Wildman–Crippen LogP) is 3.31. The summed E-state index contributed by atoms with van der Waals surface area (Å²) in [6.07, 6.45) is 2.35. The molecule has 1 aliphatic heterocycles. The first-order chi connectivity index (χ1) is 9.45. The van der Waals surface area contributed by atoms with Crippen molar-refractivity contribution in [1.29, 1.82) is 5.26 Å². The Bertz CT molecular complexity index is 503. The number of hydrogen-bond acceptors (Lipinski definition) is 3. The molecule has 1 aromatic carbocycles. The number of anilines is 1. The van der Waals surface area contributed by atoms with E-state index in [4.69, 9.17) is 5.11 Å². The summed E-state index contributed by atoms with van der Waals surface area (Å²) in [4.78, 5) is 2.31. The van der Waals surface area contributed by atoms with Crippen molar-refractivity contribution in [2.24, 2.45) is 11.3 Å². The maximum atomic E-state index is 9.29. The number of rotatable bonds is 2. The Labute approximate surface area is 121 Å². The van der Waals surface area contributed by atoms with E-state index in [0.717, 1.165) is 30.3 Å². The summed E-state index contributed by atoms with van der Waals surface area (Å²) in [6, 6.07) is 7.94. The second kappa shape index (κ2) is 5.85. The lowest BCUT2D eigenvalue weighted by molar-refractivity contribution is 0.199. The molecule has 2 rings (SSSR count). The topological polar surface area (TPSA) is 47.3 Å². The Balaban J connectivity index is 2.13. The van der Waals surface area contributed by atoms with Gasteiger partial charge in [-0.3, -0.25) is 0 Å². The highest BCUT2D eigenvalue weighted by Gasteiger charge is 2.29. The fraction of sp³-hybridized carbons (Fsp3) is 0.588. The molecular formula is C17H24N2O. The standard InChI is InChI=1S/C17H24N2O/c1-17(2,3)15-6-8-19(9-7-15)16-5-4-13(12-20)10-14(16)11-18/h4-5,10,15,20H,6-9,12H2,1-3H3. The molecule has 1 fully saturated rings. The Morgan fingerprint density at radius 2 is 1.95 bits per heavy atom. The molecule has 0 atom stereocenters. The second-order valence-electron chi connectivity index (χ2n) is 6.75. The van der Waals surface area contributed by atoms with E-state index in [0.29, 0.717) is 11.0 Å². The highest BCUT2D eigenvalue weighted by atomic mass is 16.3. The van der Waals surface area contributed by atoms with Crippen molar-refractivity contribution in [3.8, 4) is 6.07 Å².